The van der Waals surface area contributed by atoms with E-state index in [0.29, 0.717) is 31.0 Å². The molecule has 0 aliphatic rings. The van der Waals surface area contributed by atoms with Crippen molar-refractivity contribution in [3.8, 4) is 5.75 Å². The van der Waals surface area contributed by atoms with Crippen LogP contribution in [0.1, 0.15) is 11.1 Å². The number of ether oxygens (including phenoxy) is 1. The molecule has 2 aromatic carbocycles. The van der Waals surface area contributed by atoms with Gasteiger partial charge in [0.15, 0.2) is 5.96 Å². The molecule has 0 spiro atoms. The molecule has 5 heteroatoms. The maximum atomic E-state index is 13.6. The van der Waals surface area contributed by atoms with E-state index in [0.717, 1.165) is 11.3 Å². The van der Waals surface area contributed by atoms with Crippen LogP contribution in [0.25, 0.3) is 0 Å². The van der Waals surface area contributed by atoms with Crippen LogP contribution in [0.5, 0.6) is 5.75 Å². The van der Waals surface area contributed by atoms with E-state index >= 15 is 0 Å². The molecule has 0 aromatic heterocycles. The van der Waals surface area contributed by atoms with Crippen LogP contribution in [0.4, 0.5) is 4.39 Å². The summed E-state index contributed by atoms with van der Waals surface area (Å²) in [6.07, 6.45) is 0.599. The molecule has 23 heavy (non-hydrogen) atoms. The lowest BCUT2D eigenvalue weighted by molar-refractivity contribution is 0.409. The number of halogens is 1. The van der Waals surface area contributed by atoms with Crippen molar-refractivity contribution in [3.63, 3.8) is 0 Å². The van der Waals surface area contributed by atoms with Crippen LogP contribution in [0.2, 0.25) is 0 Å². The number of methoxy groups -OCH3 is 1. The number of hydrogen-bond donors (Lipinski definition) is 2. The minimum Gasteiger partial charge on any atom is -0.496 e. The van der Waals surface area contributed by atoms with Crippen LogP contribution in [0, 0.1) is 5.82 Å². The molecule has 0 fully saturated rings. The first-order valence-corrected chi connectivity index (χ1v) is 7.54. The van der Waals surface area contributed by atoms with E-state index in [4.69, 9.17) is 4.74 Å². The molecule has 0 bridgehead atoms. The highest BCUT2D eigenvalue weighted by Crippen LogP contribution is 2.16. The quantitative estimate of drug-likeness (QED) is 0.636. The largest absolute Gasteiger partial charge is 0.496 e. The van der Waals surface area contributed by atoms with Crippen molar-refractivity contribution in [1.29, 1.82) is 0 Å². The third-order valence-corrected chi connectivity index (χ3v) is 3.51. The third-order valence-electron chi connectivity index (χ3n) is 3.51. The average molecular weight is 315 g/mol. The highest BCUT2D eigenvalue weighted by Gasteiger charge is 2.04. The van der Waals surface area contributed by atoms with Gasteiger partial charge >= 0.3 is 0 Å². The van der Waals surface area contributed by atoms with E-state index in [2.05, 4.69) is 15.6 Å². The van der Waals surface area contributed by atoms with Crippen LogP contribution in [-0.2, 0) is 13.0 Å². The number of nitrogens with one attached hydrogen (secondary N) is 2. The fourth-order valence-corrected chi connectivity index (χ4v) is 2.27. The average Bonchev–Trinajstić information content (AvgIpc) is 2.59. The summed E-state index contributed by atoms with van der Waals surface area (Å²) in [6, 6.07) is 14.6. The van der Waals surface area contributed by atoms with Crippen LogP contribution >= 0.6 is 0 Å². The molecule has 0 unspecified atom stereocenters. The molecule has 0 heterocycles. The summed E-state index contributed by atoms with van der Waals surface area (Å²) in [5, 5.41) is 6.41. The first kappa shape index (κ1) is 16.8. The van der Waals surface area contributed by atoms with Gasteiger partial charge in [-0.3, -0.25) is 4.99 Å². The number of guanidine groups is 1. The molecule has 2 rings (SSSR count). The minimum absolute atomic E-state index is 0.175. The number of nitrogens with zero attached hydrogens (tertiary/aromatic N) is 1. The van der Waals surface area contributed by atoms with Gasteiger partial charge in [-0.1, -0.05) is 36.4 Å². The molecule has 0 aliphatic heterocycles. The zero-order valence-corrected chi connectivity index (χ0v) is 13.5. The zero-order chi connectivity index (χ0) is 16.5. The fourth-order valence-electron chi connectivity index (χ4n) is 2.27. The Morgan fingerprint density at radius 1 is 1.04 bits per heavy atom. The molecular formula is C18H22FN3O. The first-order valence-electron chi connectivity index (χ1n) is 7.54. The molecule has 0 atom stereocenters. The van der Waals surface area contributed by atoms with Gasteiger partial charge in [0.05, 0.1) is 7.11 Å². The molecule has 2 N–H and O–H groups in total. The summed E-state index contributed by atoms with van der Waals surface area (Å²) < 4.78 is 18.9. The van der Waals surface area contributed by atoms with Crippen molar-refractivity contribution in [1.82, 2.24) is 10.6 Å². The van der Waals surface area contributed by atoms with E-state index in [1.165, 1.54) is 6.07 Å². The lowest BCUT2D eigenvalue weighted by atomic mass is 10.1. The van der Waals surface area contributed by atoms with Crippen molar-refractivity contribution < 1.29 is 9.13 Å². The summed E-state index contributed by atoms with van der Waals surface area (Å²) in [7, 11) is 3.36. The standard InChI is InChI=1S/C18H22FN3O/c1-20-18(21-12-11-14-7-3-5-9-16(14)19)22-13-15-8-4-6-10-17(15)23-2/h3-10H,11-13H2,1-2H3,(H2,20,21,22). The Kier molecular flexibility index (Phi) is 6.41. The van der Waals surface area contributed by atoms with Crippen molar-refractivity contribution >= 4 is 5.96 Å². The lowest BCUT2D eigenvalue weighted by Gasteiger charge is -2.13. The van der Waals surface area contributed by atoms with Crippen molar-refractivity contribution in [3.05, 3.63) is 65.5 Å². The molecule has 0 radical (unpaired) electrons. The number of para-hydroxylation sites is 1. The van der Waals surface area contributed by atoms with Gasteiger partial charge in [0, 0.05) is 25.7 Å². The smallest absolute Gasteiger partial charge is 0.191 e. The van der Waals surface area contributed by atoms with Crippen molar-refractivity contribution in [2.75, 3.05) is 20.7 Å². The highest BCUT2D eigenvalue weighted by atomic mass is 19.1. The normalized spacial score (nSPS) is 11.2. The molecular weight excluding hydrogens is 293 g/mol. The van der Waals surface area contributed by atoms with E-state index < -0.39 is 0 Å². The maximum absolute atomic E-state index is 13.6. The Bertz CT molecular complexity index is 658. The summed E-state index contributed by atoms with van der Waals surface area (Å²) >= 11 is 0. The van der Waals surface area contributed by atoms with E-state index in [-0.39, 0.29) is 5.82 Å². The molecule has 2 aromatic rings. The summed E-state index contributed by atoms with van der Waals surface area (Å²) in [6.45, 7) is 1.20. The van der Waals surface area contributed by atoms with Crippen LogP contribution in [0.3, 0.4) is 0 Å². The number of aliphatic imine (C=N–C) groups is 1. The Hall–Kier alpha value is -2.56. The Labute approximate surface area is 136 Å². The lowest BCUT2D eigenvalue weighted by Crippen LogP contribution is -2.38. The van der Waals surface area contributed by atoms with Gasteiger partial charge in [0.1, 0.15) is 11.6 Å². The van der Waals surface area contributed by atoms with Gasteiger partial charge in [0.2, 0.25) is 0 Å². The van der Waals surface area contributed by atoms with Crippen molar-refractivity contribution in [2.24, 2.45) is 4.99 Å². The number of rotatable bonds is 6. The first-order chi connectivity index (χ1) is 11.2. The fraction of sp³-hybridized carbons (Fsp3) is 0.278. The molecule has 122 valence electrons. The van der Waals surface area contributed by atoms with Gasteiger partial charge in [-0.05, 0) is 24.1 Å². The Morgan fingerprint density at radius 2 is 1.74 bits per heavy atom. The topological polar surface area (TPSA) is 45.7 Å². The maximum Gasteiger partial charge on any atom is 0.191 e. The van der Waals surface area contributed by atoms with Gasteiger partial charge in [-0.2, -0.15) is 0 Å². The molecule has 0 amide bonds. The van der Waals surface area contributed by atoms with Crippen LogP contribution in [0.15, 0.2) is 53.5 Å². The third kappa shape index (κ3) is 4.98. The highest BCUT2D eigenvalue weighted by molar-refractivity contribution is 5.79. The minimum atomic E-state index is -0.175. The molecule has 0 saturated heterocycles. The molecule has 0 aliphatic carbocycles. The summed E-state index contributed by atoms with van der Waals surface area (Å²) in [5.41, 5.74) is 1.74. The van der Waals surface area contributed by atoms with E-state index in [9.17, 15) is 4.39 Å². The summed E-state index contributed by atoms with van der Waals surface area (Å²) in [4.78, 5) is 4.17. The van der Waals surface area contributed by atoms with Crippen molar-refractivity contribution in [2.45, 2.75) is 13.0 Å². The number of benzene rings is 2. The molecule has 0 saturated carbocycles. The van der Waals surface area contributed by atoms with Gasteiger partial charge in [-0.15, -0.1) is 0 Å². The predicted molar refractivity (Wildman–Crippen MR) is 91.3 cm³/mol. The van der Waals surface area contributed by atoms with E-state index in [1.807, 2.05) is 30.3 Å². The zero-order valence-electron chi connectivity index (χ0n) is 13.5. The van der Waals surface area contributed by atoms with Gasteiger partial charge in [0.25, 0.3) is 0 Å². The Morgan fingerprint density at radius 3 is 2.43 bits per heavy atom. The van der Waals surface area contributed by atoms with Gasteiger partial charge in [-0.25, -0.2) is 4.39 Å². The van der Waals surface area contributed by atoms with Crippen LogP contribution < -0.4 is 15.4 Å². The second-order valence-electron chi connectivity index (χ2n) is 5.01. The van der Waals surface area contributed by atoms with E-state index in [1.54, 1.807) is 26.3 Å². The second-order valence-corrected chi connectivity index (χ2v) is 5.01. The SMILES string of the molecule is CN=C(NCCc1ccccc1F)NCc1ccccc1OC. The predicted octanol–water partition coefficient (Wildman–Crippen LogP) is 2.74. The molecule has 4 nitrogen and oxygen atoms in total. The van der Waals surface area contributed by atoms with Gasteiger partial charge < -0.3 is 15.4 Å². The number of hydrogen-bond acceptors (Lipinski definition) is 2. The second kappa shape index (κ2) is 8.78. The van der Waals surface area contributed by atoms with Crippen LogP contribution in [-0.4, -0.2) is 26.7 Å². The monoisotopic (exact) mass is 315 g/mol. The summed E-state index contributed by atoms with van der Waals surface area (Å²) in [5.74, 6) is 1.33. The Balaban J connectivity index is 1.83.